The zero-order chi connectivity index (χ0) is 16.3. The molecular formula is C19H26O2. The molecule has 0 saturated carbocycles. The van der Waals surface area contributed by atoms with Crippen LogP contribution < -0.4 is 4.74 Å². The van der Waals surface area contributed by atoms with Crippen LogP contribution in [0.15, 0.2) is 48.5 Å². The fourth-order valence-corrected chi connectivity index (χ4v) is 1.77. The molecule has 0 saturated heterocycles. The molecule has 0 radical (unpaired) electrons. The molecule has 114 valence electrons. The summed E-state index contributed by atoms with van der Waals surface area (Å²) in [5, 5.41) is 0. The number of ketones is 1. The number of Topliss-reactive ketones (excluding diaryl/α,β-unsaturated/α-hetero) is 1. The van der Waals surface area contributed by atoms with E-state index in [9.17, 15) is 4.79 Å². The Morgan fingerprint density at radius 2 is 1.38 bits per heavy atom. The van der Waals surface area contributed by atoms with E-state index in [2.05, 4.69) is 0 Å². The molecule has 0 aromatic heterocycles. The van der Waals surface area contributed by atoms with Gasteiger partial charge in [0.2, 0.25) is 0 Å². The Bertz CT molecular complexity index is 528. The Kier molecular flexibility index (Phi) is 9.61. The summed E-state index contributed by atoms with van der Waals surface area (Å²) in [5.41, 5.74) is 2.81. The van der Waals surface area contributed by atoms with Crippen LogP contribution in [0.5, 0.6) is 5.75 Å². The number of ether oxygens (including phenoxy) is 1. The van der Waals surface area contributed by atoms with Crippen LogP contribution in [0.2, 0.25) is 0 Å². The van der Waals surface area contributed by atoms with Crippen molar-refractivity contribution in [3.63, 3.8) is 0 Å². The third kappa shape index (κ3) is 5.42. The van der Waals surface area contributed by atoms with E-state index in [0.717, 1.165) is 22.4 Å². The van der Waals surface area contributed by atoms with Gasteiger partial charge < -0.3 is 4.74 Å². The third-order valence-corrected chi connectivity index (χ3v) is 2.71. The number of para-hydroxylation sites is 1. The molecule has 0 atom stereocenters. The van der Waals surface area contributed by atoms with Gasteiger partial charge in [-0.25, -0.2) is 0 Å². The molecule has 0 aliphatic heterocycles. The van der Waals surface area contributed by atoms with E-state index in [4.69, 9.17) is 4.74 Å². The maximum atomic E-state index is 11.2. The molecule has 0 amide bonds. The predicted octanol–water partition coefficient (Wildman–Crippen LogP) is 5.62. The van der Waals surface area contributed by atoms with Gasteiger partial charge in [-0.15, -0.1) is 0 Å². The van der Waals surface area contributed by atoms with Crippen LogP contribution in [0, 0.1) is 0 Å². The summed E-state index contributed by atoms with van der Waals surface area (Å²) in [4.78, 5) is 11.2. The number of carbonyl (C=O) groups is 1. The highest BCUT2D eigenvalue weighted by atomic mass is 16.5. The molecule has 21 heavy (non-hydrogen) atoms. The minimum Gasteiger partial charge on any atom is -0.496 e. The van der Waals surface area contributed by atoms with Gasteiger partial charge in [-0.3, -0.25) is 4.79 Å². The summed E-state index contributed by atoms with van der Waals surface area (Å²) in [7, 11) is 1.66. The molecule has 0 heterocycles. The maximum absolute atomic E-state index is 11.2. The maximum Gasteiger partial charge on any atom is 0.159 e. The van der Waals surface area contributed by atoms with Crippen molar-refractivity contribution in [3.8, 4) is 16.9 Å². The number of hydrogen-bond donors (Lipinski definition) is 0. The molecule has 0 bridgehead atoms. The lowest BCUT2D eigenvalue weighted by atomic mass is 10.0. The van der Waals surface area contributed by atoms with E-state index >= 15 is 0 Å². The topological polar surface area (TPSA) is 26.3 Å². The van der Waals surface area contributed by atoms with Gasteiger partial charge in [0.15, 0.2) is 5.78 Å². The van der Waals surface area contributed by atoms with Crippen molar-refractivity contribution in [2.45, 2.75) is 34.6 Å². The number of carbonyl (C=O) groups excluding carboxylic acids is 1. The highest BCUT2D eigenvalue weighted by molar-refractivity contribution is 5.94. The predicted molar refractivity (Wildman–Crippen MR) is 91.1 cm³/mol. The van der Waals surface area contributed by atoms with E-state index in [-0.39, 0.29) is 5.78 Å². The normalized spacial score (nSPS) is 8.67. The zero-order valence-corrected chi connectivity index (χ0v) is 13.9. The molecule has 2 rings (SSSR count). The zero-order valence-electron chi connectivity index (χ0n) is 13.9. The first-order chi connectivity index (χ1) is 10.2. The summed E-state index contributed by atoms with van der Waals surface area (Å²) < 4.78 is 5.31. The first kappa shape index (κ1) is 18.9. The lowest BCUT2D eigenvalue weighted by Gasteiger charge is -2.08. The van der Waals surface area contributed by atoms with Gasteiger partial charge >= 0.3 is 0 Å². The largest absolute Gasteiger partial charge is 0.496 e. The Morgan fingerprint density at radius 1 is 0.857 bits per heavy atom. The Hall–Kier alpha value is -2.09. The van der Waals surface area contributed by atoms with Crippen molar-refractivity contribution in [2.75, 3.05) is 7.11 Å². The van der Waals surface area contributed by atoms with E-state index in [1.54, 1.807) is 14.0 Å². The molecule has 0 spiro atoms. The lowest BCUT2D eigenvalue weighted by Crippen LogP contribution is -1.92. The van der Waals surface area contributed by atoms with Crippen LogP contribution in [-0.4, -0.2) is 12.9 Å². The van der Waals surface area contributed by atoms with Crippen LogP contribution in [-0.2, 0) is 0 Å². The Morgan fingerprint density at radius 3 is 1.86 bits per heavy atom. The fraction of sp³-hybridized carbons (Fsp3) is 0.316. The van der Waals surface area contributed by atoms with E-state index < -0.39 is 0 Å². The molecule has 0 aliphatic carbocycles. The second-order valence-corrected chi connectivity index (χ2v) is 3.83. The Labute approximate surface area is 128 Å². The SMILES string of the molecule is CC.CC.COc1ccccc1-c1ccc(C(C)=O)cc1. The first-order valence-corrected chi connectivity index (χ1v) is 7.47. The minimum atomic E-state index is 0.0802. The summed E-state index contributed by atoms with van der Waals surface area (Å²) in [5.74, 6) is 0.916. The quantitative estimate of drug-likeness (QED) is 0.685. The highest BCUT2D eigenvalue weighted by Crippen LogP contribution is 2.29. The number of hydrogen-bond acceptors (Lipinski definition) is 2. The highest BCUT2D eigenvalue weighted by Gasteiger charge is 2.05. The van der Waals surface area contributed by atoms with Gasteiger partial charge in [0.05, 0.1) is 7.11 Å². The summed E-state index contributed by atoms with van der Waals surface area (Å²) >= 11 is 0. The van der Waals surface area contributed by atoms with Gasteiger partial charge in [-0.1, -0.05) is 70.2 Å². The van der Waals surface area contributed by atoms with Gasteiger partial charge in [-0.05, 0) is 18.6 Å². The van der Waals surface area contributed by atoms with Crippen LogP contribution in [0.1, 0.15) is 45.0 Å². The van der Waals surface area contributed by atoms with Crippen molar-refractivity contribution < 1.29 is 9.53 Å². The second kappa shape index (κ2) is 10.7. The number of methoxy groups -OCH3 is 1. The molecule has 0 aliphatic rings. The van der Waals surface area contributed by atoms with Crippen molar-refractivity contribution in [1.82, 2.24) is 0 Å². The number of rotatable bonds is 3. The van der Waals surface area contributed by atoms with Gasteiger partial charge in [0.1, 0.15) is 5.75 Å². The van der Waals surface area contributed by atoms with Crippen LogP contribution >= 0.6 is 0 Å². The third-order valence-electron chi connectivity index (χ3n) is 2.71. The summed E-state index contributed by atoms with van der Waals surface area (Å²) in [6.45, 7) is 9.57. The average Bonchev–Trinajstić information content (AvgIpc) is 2.58. The van der Waals surface area contributed by atoms with Crippen LogP contribution in [0.4, 0.5) is 0 Å². The molecule has 2 aromatic rings. The van der Waals surface area contributed by atoms with Crippen molar-refractivity contribution in [3.05, 3.63) is 54.1 Å². The van der Waals surface area contributed by atoms with Crippen molar-refractivity contribution in [1.29, 1.82) is 0 Å². The molecule has 0 unspecified atom stereocenters. The summed E-state index contributed by atoms with van der Waals surface area (Å²) in [6.07, 6.45) is 0. The van der Waals surface area contributed by atoms with Crippen LogP contribution in [0.3, 0.4) is 0 Å². The molecule has 2 heteroatoms. The minimum absolute atomic E-state index is 0.0802. The molecular weight excluding hydrogens is 260 g/mol. The first-order valence-electron chi connectivity index (χ1n) is 7.47. The molecule has 2 nitrogen and oxygen atoms in total. The fourth-order valence-electron chi connectivity index (χ4n) is 1.77. The van der Waals surface area contributed by atoms with E-state index in [1.165, 1.54) is 0 Å². The van der Waals surface area contributed by atoms with Crippen molar-refractivity contribution >= 4 is 5.78 Å². The number of benzene rings is 2. The van der Waals surface area contributed by atoms with Gasteiger partial charge in [0, 0.05) is 11.1 Å². The average molecular weight is 286 g/mol. The van der Waals surface area contributed by atoms with Gasteiger partial charge in [-0.2, -0.15) is 0 Å². The Balaban J connectivity index is 0.000000921. The monoisotopic (exact) mass is 286 g/mol. The summed E-state index contributed by atoms with van der Waals surface area (Å²) in [6, 6.07) is 15.4. The molecule has 2 aromatic carbocycles. The van der Waals surface area contributed by atoms with E-state index in [1.807, 2.05) is 76.2 Å². The van der Waals surface area contributed by atoms with Crippen molar-refractivity contribution in [2.24, 2.45) is 0 Å². The molecule has 0 fully saturated rings. The molecule has 0 N–H and O–H groups in total. The lowest BCUT2D eigenvalue weighted by molar-refractivity contribution is 0.101. The van der Waals surface area contributed by atoms with Crippen LogP contribution in [0.25, 0.3) is 11.1 Å². The van der Waals surface area contributed by atoms with Gasteiger partial charge in [0.25, 0.3) is 0 Å². The standard InChI is InChI=1S/C15H14O2.2C2H6/c1-11(16)12-7-9-13(10-8-12)14-5-3-4-6-15(14)17-2;2*1-2/h3-10H,1-2H3;2*1-2H3. The van der Waals surface area contributed by atoms with E-state index in [0.29, 0.717) is 0 Å². The second-order valence-electron chi connectivity index (χ2n) is 3.83. The smallest absolute Gasteiger partial charge is 0.159 e.